The predicted molar refractivity (Wildman–Crippen MR) is 53.1 cm³/mol. The molecule has 1 aromatic heterocycles. The van der Waals surface area contributed by atoms with Crippen LogP contribution in [0.4, 0.5) is 0 Å². The van der Waals surface area contributed by atoms with E-state index < -0.39 is 0 Å². The summed E-state index contributed by atoms with van der Waals surface area (Å²) in [7, 11) is 0. The molecule has 13 heavy (non-hydrogen) atoms. The highest BCUT2D eigenvalue weighted by Gasteiger charge is 2.36. The molecule has 0 aliphatic heterocycles. The maximum Gasteiger partial charge on any atom is 0.222 e. The number of hydrogen-bond acceptors (Lipinski definition) is 2. The van der Waals surface area contributed by atoms with Gasteiger partial charge in [0, 0.05) is 6.20 Å². The second-order valence-corrected chi connectivity index (χ2v) is 4.77. The summed E-state index contributed by atoms with van der Waals surface area (Å²) in [5.41, 5.74) is 2.59. The van der Waals surface area contributed by atoms with E-state index in [0.29, 0.717) is 11.2 Å². The molecule has 0 bridgehead atoms. The maximum atomic E-state index is 5.76. The predicted octanol–water partition coefficient (Wildman–Crippen LogP) is 2.91. The Morgan fingerprint density at radius 2 is 2.23 bits per heavy atom. The van der Waals surface area contributed by atoms with Gasteiger partial charge in [0.25, 0.3) is 0 Å². The number of hydrogen-bond donors (Lipinski definition) is 0. The summed E-state index contributed by atoms with van der Waals surface area (Å²) < 4.78 is 0. The van der Waals surface area contributed by atoms with Crippen molar-refractivity contribution in [2.45, 2.75) is 38.5 Å². The highest BCUT2D eigenvalue weighted by Crippen LogP contribution is 2.44. The normalized spacial score (nSPS) is 24.5. The van der Waals surface area contributed by atoms with Crippen molar-refractivity contribution in [3.63, 3.8) is 0 Å². The van der Waals surface area contributed by atoms with Gasteiger partial charge in [-0.3, -0.25) is 0 Å². The lowest BCUT2D eigenvalue weighted by atomic mass is 9.87. The summed E-state index contributed by atoms with van der Waals surface area (Å²) >= 11 is 5.76. The summed E-state index contributed by atoms with van der Waals surface area (Å²) in [5.74, 6) is 0.505. The third-order valence-corrected chi connectivity index (χ3v) is 2.98. The largest absolute Gasteiger partial charge is 0.226 e. The first kappa shape index (κ1) is 8.95. The van der Waals surface area contributed by atoms with E-state index in [2.05, 4.69) is 30.7 Å². The van der Waals surface area contributed by atoms with E-state index >= 15 is 0 Å². The molecule has 0 aromatic carbocycles. The molecular formula is C10H13ClN2. The second kappa shape index (κ2) is 2.68. The molecule has 1 aliphatic carbocycles. The van der Waals surface area contributed by atoms with Crippen LogP contribution < -0.4 is 0 Å². The zero-order valence-electron chi connectivity index (χ0n) is 8.13. The molecule has 1 aromatic rings. The van der Waals surface area contributed by atoms with Crippen molar-refractivity contribution < 1.29 is 0 Å². The molecule has 2 rings (SSSR count). The van der Waals surface area contributed by atoms with Crippen LogP contribution in [0.3, 0.4) is 0 Å². The summed E-state index contributed by atoms with van der Waals surface area (Å²) in [6.07, 6.45) is 3.01. The van der Waals surface area contributed by atoms with Gasteiger partial charge >= 0.3 is 0 Å². The van der Waals surface area contributed by atoms with Gasteiger partial charge in [-0.1, -0.05) is 20.8 Å². The third kappa shape index (κ3) is 1.33. The first-order valence-electron chi connectivity index (χ1n) is 4.53. The lowest BCUT2D eigenvalue weighted by molar-refractivity contribution is 0.488. The molecule has 1 aliphatic rings. The van der Waals surface area contributed by atoms with E-state index in [1.165, 1.54) is 5.56 Å². The van der Waals surface area contributed by atoms with Crippen LogP contribution in [0.1, 0.15) is 44.4 Å². The van der Waals surface area contributed by atoms with E-state index in [1.807, 2.05) is 6.20 Å². The quantitative estimate of drug-likeness (QED) is 0.597. The van der Waals surface area contributed by atoms with Gasteiger partial charge in [-0.15, -0.1) is 0 Å². The van der Waals surface area contributed by atoms with E-state index in [9.17, 15) is 0 Å². The Bertz CT molecular complexity index is 347. The van der Waals surface area contributed by atoms with Crippen LogP contribution in [0.5, 0.6) is 0 Å². The fraction of sp³-hybridized carbons (Fsp3) is 0.600. The molecule has 0 fully saturated rings. The number of rotatable bonds is 0. The van der Waals surface area contributed by atoms with E-state index in [0.717, 1.165) is 12.1 Å². The van der Waals surface area contributed by atoms with Gasteiger partial charge in [0.15, 0.2) is 0 Å². The standard InChI is InChI=1S/C10H13ClN2/c1-6-4-10(2,3)7-5-12-9(11)13-8(6)7/h5-6H,4H2,1-3H3. The Morgan fingerprint density at radius 3 is 2.92 bits per heavy atom. The smallest absolute Gasteiger partial charge is 0.222 e. The van der Waals surface area contributed by atoms with Crippen LogP contribution in [0.25, 0.3) is 0 Å². The topological polar surface area (TPSA) is 25.8 Å². The molecule has 0 saturated carbocycles. The first-order chi connectivity index (χ1) is 6.00. The van der Waals surface area contributed by atoms with Crippen LogP contribution in [0.2, 0.25) is 5.28 Å². The van der Waals surface area contributed by atoms with Gasteiger partial charge in [-0.2, -0.15) is 0 Å². The van der Waals surface area contributed by atoms with Crippen molar-refractivity contribution in [1.82, 2.24) is 9.97 Å². The molecule has 1 atom stereocenters. The molecule has 3 heteroatoms. The van der Waals surface area contributed by atoms with Gasteiger partial charge in [-0.25, -0.2) is 9.97 Å². The Hall–Kier alpha value is -0.630. The zero-order valence-corrected chi connectivity index (χ0v) is 8.89. The fourth-order valence-electron chi connectivity index (χ4n) is 2.24. The monoisotopic (exact) mass is 196 g/mol. The van der Waals surface area contributed by atoms with E-state index in [-0.39, 0.29) is 5.41 Å². The zero-order chi connectivity index (χ0) is 9.64. The average Bonchev–Trinajstić information content (AvgIpc) is 2.22. The lowest BCUT2D eigenvalue weighted by Crippen LogP contribution is -2.12. The number of fused-ring (bicyclic) bond motifs is 1. The third-order valence-electron chi connectivity index (χ3n) is 2.80. The highest BCUT2D eigenvalue weighted by molar-refractivity contribution is 6.28. The Kier molecular flexibility index (Phi) is 1.84. The van der Waals surface area contributed by atoms with Gasteiger partial charge in [-0.05, 0) is 34.9 Å². The van der Waals surface area contributed by atoms with Crippen molar-refractivity contribution in [2.24, 2.45) is 0 Å². The SMILES string of the molecule is CC1CC(C)(C)c2cnc(Cl)nc21. The Labute approximate surface area is 83.4 Å². The van der Waals surface area contributed by atoms with Gasteiger partial charge < -0.3 is 0 Å². The molecule has 0 spiro atoms. The molecule has 2 nitrogen and oxygen atoms in total. The van der Waals surface area contributed by atoms with Crippen LogP contribution in [-0.2, 0) is 5.41 Å². The van der Waals surface area contributed by atoms with Crippen LogP contribution >= 0.6 is 11.6 Å². The summed E-state index contributed by atoms with van der Waals surface area (Å²) in [4.78, 5) is 8.32. The maximum absolute atomic E-state index is 5.76. The minimum Gasteiger partial charge on any atom is -0.226 e. The number of halogens is 1. The highest BCUT2D eigenvalue weighted by atomic mass is 35.5. The van der Waals surface area contributed by atoms with Crippen molar-refractivity contribution in [3.8, 4) is 0 Å². The molecule has 0 saturated heterocycles. The second-order valence-electron chi connectivity index (χ2n) is 4.43. The first-order valence-corrected chi connectivity index (χ1v) is 4.91. The molecule has 0 radical (unpaired) electrons. The summed E-state index contributed by atoms with van der Waals surface area (Å²) in [5, 5.41) is 0.364. The van der Waals surface area contributed by atoms with Gasteiger partial charge in [0.1, 0.15) is 0 Å². The van der Waals surface area contributed by atoms with Gasteiger partial charge in [0.05, 0.1) is 5.69 Å². The molecular weight excluding hydrogens is 184 g/mol. The average molecular weight is 197 g/mol. The number of aromatic nitrogens is 2. The van der Waals surface area contributed by atoms with Crippen LogP contribution in [0.15, 0.2) is 6.20 Å². The minimum atomic E-state index is 0.208. The Morgan fingerprint density at radius 1 is 1.54 bits per heavy atom. The molecule has 1 unspecified atom stereocenters. The van der Waals surface area contributed by atoms with E-state index in [4.69, 9.17) is 11.6 Å². The summed E-state index contributed by atoms with van der Waals surface area (Å²) in [6.45, 7) is 6.65. The van der Waals surface area contributed by atoms with Gasteiger partial charge in [0.2, 0.25) is 5.28 Å². The van der Waals surface area contributed by atoms with Crippen LogP contribution in [-0.4, -0.2) is 9.97 Å². The lowest BCUT2D eigenvalue weighted by Gasteiger charge is -2.17. The van der Waals surface area contributed by atoms with E-state index in [1.54, 1.807) is 0 Å². The van der Waals surface area contributed by atoms with Crippen LogP contribution in [0, 0.1) is 0 Å². The van der Waals surface area contributed by atoms with Crippen molar-refractivity contribution in [2.75, 3.05) is 0 Å². The van der Waals surface area contributed by atoms with Crippen molar-refractivity contribution in [1.29, 1.82) is 0 Å². The number of nitrogens with zero attached hydrogens (tertiary/aromatic N) is 2. The molecule has 0 amide bonds. The fourth-order valence-corrected chi connectivity index (χ4v) is 2.38. The minimum absolute atomic E-state index is 0.208. The molecule has 70 valence electrons. The molecule has 1 heterocycles. The summed E-state index contributed by atoms with van der Waals surface area (Å²) in [6, 6.07) is 0. The van der Waals surface area contributed by atoms with Crippen molar-refractivity contribution in [3.05, 3.63) is 22.7 Å². The Balaban J connectivity index is 2.59. The van der Waals surface area contributed by atoms with Crippen molar-refractivity contribution >= 4 is 11.6 Å². The molecule has 0 N–H and O–H groups in total.